The van der Waals surface area contributed by atoms with Crippen molar-refractivity contribution in [3.63, 3.8) is 0 Å². The molecule has 0 aliphatic carbocycles. The molecular weight excluding hydrogens is 252 g/mol. The standard InChI is InChI=1S/C17H16O3/c1-17(14-10-6-3-7-11-14)15(20-17)16(18)19-12-13-8-4-2-5-9-13/h2-11,15H,12H2,1H3. The van der Waals surface area contributed by atoms with E-state index < -0.39 is 11.7 Å². The first kappa shape index (κ1) is 12.9. The van der Waals surface area contributed by atoms with Crippen molar-refractivity contribution in [3.05, 3.63) is 71.8 Å². The average Bonchev–Trinajstić information content (AvgIpc) is 3.20. The fourth-order valence-corrected chi connectivity index (χ4v) is 2.28. The van der Waals surface area contributed by atoms with E-state index in [4.69, 9.17) is 9.47 Å². The third kappa shape index (κ3) is 2.45. The summed E-state index contributed by atoms with van der Waals surface area (Å²) in [6.07, 6.45) is -0.506. The Morgan fingerprint density at radius 1 is 1.10 bits per heavy atom. The molecule has 3 heteroatoms. The zero-order valence-electron chi connectivity index (χ0n) is 11.3. The lowest BCUT2D eigenvalue weighted by molar-refractivity contribution is -0.146. The lowest BCUT2D eigenvalue weighted by Crippen LogP contribution is -2.18. The van der Waals surface area contributed by atoms with Crippen molar-refractivity contribution in [2.24, 2.45) is 0 Å². The smallest absolute Gasteiger partial charge is 0.339 e. The molecule has 0 bridgehead atoms. The Hall–Kier alpha value is -2.13. The van der Waals surface area contributed by atoms with Gasteiger partial charge < -0.3 is 9.47 Å². The highest BCUT2D eigenvalue weighted by Gasteiger charge is 2.59. The topological polar surface area (TPSA) is 38.8 Å². The van der Waals surface area contributed by atoms with Gasteiger partial charge in [-0.15, -0.1) is 0 Å². The molecule has 102 valence electrons. The fourth-order valence-electron chi connectivity index (χ4n) is 2.28. The number of hydrogen-bond donors (Lipinski definition) is 0. The molecule has 0 aromatic heterocycles. The van der Waals surface area contributed by atoms with Crippen LogP contribution in [0.3, 0.4) is 0 Å². The summed E-state index contributed by atoms with van der Waals surface area (Å²) in [4.78, 5) is 12.0. The van der Waals surface area contributed by atoms with Crippen molar-refractivity contribution < 1.29 is 14.3 Å². The minimum Gasteiger partial charge on any atom is -0.459 e. The van der Waals surface area contributed by atoms with Gasteiger partial charge in [0.05, 0.1) is 0 Å². The average molecular weight is 268 g/mol. The van der Waals surface area contributed by atoms with Crippen LogP contribution in [0.1, 0.15) is 18.1 Å². The molecule has 1 saturated heterocycles. The molecular formula is C17H16O3. The lowest BCUT2D eigenvalue weighted by atomic mass is 9.97. The maximum absolute atomic E-state index is 12.0. The van der Waals surface area contributed by atoms with E-state index in [2.05, 4.69) is 0 Å². The first-order chi connectivity index (χ1) is 9.70. The number of ether oxygens (including phenoxy) is 2. The minimum absolute atomic E-state index is 0.282. The van der Waals surface area contributed by atoms with Crippen molar-refractivity contribution in [2.75, 3.05) is 0 Å². The van der Waals surface area contributed by atoms with Crippen LogP contribution in [0.2, 0.25) is 0 Å². The molecule has 0 saturated carbocycles. The van der Waals surface area contributed by atoms with Crippen molar-refractivity contribution >= 4 is 5.97 Å². The first-order valence-electron chi connectivity index (χ1n) is 6.64. The summed E-state index contributed by atoms with van der Waals surface area (Å²) in [5, 5.41) is 0. The molecule has 0 amide bonds. The Morgan fingerprint density at radius 2 is 1.70 bits per heavy atom. The molecule has 2 unspecified atom stereocenters. The quantitative estimate of drug-likeness (QED) is 0.632. The second-order valence-corrected chi connectivity index (χ2v) is 5.06. The van der Waals surface area contributed by atoms with E-state index in [1.165, 1.54) is 0 Å². The predicted molar refractivity (Wildman–Crippen MR) is 74.9 cm³/mol. The molecule has 2 aromatic rings. The number of rotatable bonds is 4. The van der Waals surface area contributed by atoms with Gasteiger partial charge >= 0.3 is 5.97 Å². The summed E-state index contributed by atoms with van der Waals surface area (Å²) in [5.74, 6) is -0.305. The summed E-state index contributed by atoms with van der Waals surface area (Å²) < 4.78 is 10.9. The zero-order valence-corrected chi connectivity index (χ0v) is 11.3. The summed E-state index contributed by atoms with van der Waals surface area (Å²) in [6, 6.07) is 19.4. The maximum atomic E-state index is 12.0. The van der Waals surface area contributed by atoms with Crippen LogP contribution in [0.25, 0.3) is 0 Å². The van der Waals surface area contributed by atoms with Crippen LogP contribution >= 0.6 is 0 Å². The van der Waals surface area contributed by atoms with E-state index in [9.17, 15) is 4.79 Å². The number of epoxide rings is 1. The number of benzene rings is 2. The summed E-state index contributed by atoms with van der Waals surface area (Å²) in [6.45, 7) is 2.20. The van der Waals surface area contributed by atoms with Gasteiger partial charge in [0.1, 0.15) is 12.2 Å². The third-order valence-corrected chi connectivity index (χ3v) is 3.59. The molecule has 20 heavy (non-hydrogen) atoms. The van der Waals surface area contributed by atoms with E-state index in [0.717, 1.165) is 11.1 Å². The van der Waals surface area contributed by atoms with Gasteiger partial charge in [0.25, 0.3) is 0 Å². The predicted octanol–water partition coefficient (Wildman–Crippen LogP) is 3.04. The van der Waals surface area contributed by atoms with Gasteiger partial charge in [-0.2, -0.15) is 0 Å². The molecule has 3 rings (SSSR count). The van der Waals surface area contributed by atoms with Crippen molar-refractivity contribution in [3.8, 4) is 0 Å². The van der Waals surface area contributed by atoms with E-state index >= 15 is 0 Å². The fraction of sp³-hybridized carbons (Fsp3) is 0.235. The number of carbonyl (C=O) groups is 1. The van der Waals surface area contributed by atoms with Gasteiger partial charge in [0, 0.05) is 0 Å². The largest absolute Gasteiger partial charge is 0.459 e. The van der Waals surface area contributed by atoms with Gasteiger partial charge in [-0.1, -0.05) is 60.7 Å². The Bertz CT molecular complexity index is 594. The zero-order chi connectivity index (χ0) is 14.0. The van der Waals surface area contributed by atoms with Gasteiger partial charge in [0.2, 0.25) is 0 Å². The van der Waals surface area contributed by atoms with E-state index in [1.54, 1.807) is 0 Å². The molecule has 1 aliphatic heterocycles. The van der Waals surface area contributed by atoms with Crippen molar-refractivity contribution in [1.29, 1.82) is 0 Å². The van der Waals surface area contributed by atoms with Crippen LogP contribution < -0.4 is 0 Å². The van der Waals surface area contributed by atoms with Gasteiger partial charge in [-0.3, -0.25) is 0 Å². The number of esters is 1. The highest BCUT2D eigenvalue weighted by Crippen LogP contribution is 2.46. The molecule has 2 aromatic carbocycles. The molecule has 0 N–H and O–H groups in total. The Labute approximate surface area is 118 Å². The molecule has 3 nitrogen and oxygen atoms in total. The van der Waals surface area contributed by atoms with E-state index in [1.807, 2.05) is 67.6 Å². The van der Waals surface area contributed by atoms with Gasteiger partial charge in [-0.25, -0.2) is 4.79 Å². The molecule has 2 atom stereocenters. The summed E-state index contributed by atoms with van der Waals surface area (Å²) in [7, 11) is 0. The highest BCUT2D eigenvalue weighted by molar-refractivity contribution is 5.79. The van der Waals surface area contributed by atoms with Crippen LogP contribution in [0, 0.1) is 0 Å². The Kier molecular flexibility index (Phi) is 3.28. The molecule has 0 radical (unpaired) electrons. The van der Waals surface area contributed by atoms with Crippen LogP contribution in [-0.4, -0.2) is 12.1 Å². The van der Waals surface area contributed by atoms with Crippen molar-refractivity contribution in [1.82, 2.24) is 0 Å². The second-order valence-electron chi connectivity index (χ2n) is 5.06. The van der Waals surface area contributed by atoms with Gasteiger partial charge in [0.15, 0.2) is 6.10 Å². The van der Waals surface area contributed by atoms with Crippen LogP contribution in [0.15, 0.2) is 60.7 Å². The molecule has 1 aliphatic rings. The Balaban J connectivity index is 1.60. The molecule has 1 fully saturated rings. The lowest BCUT2D eigenvalue weighted by Gasteiger charge is -2.07. The van der Waals surface area contributed by atoms with E-state index in [-0.39, 0.29) is 12.6 Å². The number of carbonyl (C=O) groups excluding carboxylic acids is 1. The van der Waals surface area contributed by atoms with Crippen LogP contribution in [0.5, 0.6) is 0 Å². The summed E-state index contributed by atoms with van der Waals surface area (Å²) in [5.41, 5.74) is 1.43. The van der Waals surface area contributed by atoms with E-state index in [0.29, 0.717) is 0 Å². The Morgan fingerprint density at radius 3 is 2.35 bits per heavy atom. The minimum atomic E-state index is -0.547. The van der Waals surface area contributed by atoms with Gasteiger partial charge in [-0.05, 0) is 18.1 Å². The summed E-state index contributed by atoms with van der Waals surface area (Å²) >= 11 is 0. The monoisotopic (exact) mass is 268 g/mol. The SMILES string of the molecule is CC1(c2ccccc2)OC1C(=O)OCc1ccccc1. The third-order valence-electron chi connectivity index (χ3n) is 3.59. The first-order valence-corrected chi connectivity index (χ1v) is 6.64. The highest BCUT2D eigenvalue weighted by atomic mass is 16.7. The van der Waals surface area contributed by atoms with Crippen LogP contribution in [-0.2, 0) is 26.5 Å². The molecule has 0 spiro atoms. The van der Waals surface area contributed by atoms with Crippen LogP contribution in [0.4, 0.5) is 0 Å². The number of hydrogen-bond acceptors (Lipinski definition) is 3. The normalized spacial score (nSPS) is 24.1. The maximum Gasteiger partial charge on any atom is 0.339 e. The van der Waals surface area contributed by atoms with Crippen molar-refractivity contribution in [2.45, 2.75) is 25.2 Å². The second kappa shape index (κ2) is 5.10. The molecule has 1 heterocycles.